The number of piperidine rings is 1. The van der Waals surface area contributed by atoms with E-state index in [-0.39, 0.29) is 23.9 Å². The predicted molar refractivity (Wildman–Crippen MR) is 88.2 cm³/mol. The van der Waals surface area contributed by atoms with Crippen molar-refractivity contribution in [3.05, 3.63) is 29.8 Å². The van der Waals surface area contributed by atoms with Gasteiger partial charge in [-0.15, -0.1) is 0 Å². The van der Waals surface area contributed by atoms with E-state index in [0.717, 1.165) is 5.75 Å². The Morgan fingerprint density at radius 1 is 1.30 bits per heavy atom. The highest BCUT2D eigenvalue weighted by molar-refractivity contribution is 5.78. The summed E-state index contributed by atoms with van der Waals surface area (Å²) in [6, 6.07) is 7.59. The third kappa shape index (κ3) is 5.16. The molecule has 0 bridgehead atoms. The maximum absolute atomic E-state index is 12.2. The fraction of sp³-hybridized carbons (Fsp3) is 0.529. The van der Waals surface area contributed by atoms with Crippen molar-refractivity contribution in [2.24, 2.45) is 11.7 Å². The first-order valence-electron chi connectivity index (χ1n) is 8.00. The molecule has 1 saturated heterocycles. The van der Waals surface area contributed by atoms with Crippen molar-refractivity contribution in [1.29, 1.82) is 0 Å². The zero-order chi connectivity index (χ0) is 16.8. The van der Waals surface area contributed by atoms with Gasteiger partial charge in [-0.25, -0.2) is 4.79 Å². The van der Waals surface area contributed by atoms with Gasteiger partial charge in [-0.05, 0) is 38.8 Å². The van der Waals surface area contributed by atoms with E-state index in [1.54, 1.807) is 4.90 Å². The normalized spacial score (nSPS) is 16.7. The fourth-order valence-corrected chi connectivity index (χ4v) is 2.57. The molecule has 1 unspecified atom stereocenters. The van der Waals surface area contributed by atoms with Gasteiger partial charge in [0.05, 0.1) is 6.04 Å². The third-order valence-corrected chi connectivity index (χ3v) is 4.08. The molecule has 126 valence electrons. The topological polar surface area (TPSA) is 84.7 Å². The second kappa shape index (κ2) is 7.85. The van der Waals surface area contributed by atoms with Crippen LogP contribution in [0.4, 0.5) is 4.79 Å². The van der Waals surface area contributed by atoms with E-state index in [2.05, 4.69) is 5.32 Å². The lowest BCUT2D eigenvalue weighted by Crippen LogP contribution is -2.49. The van der Waals surface area contributed by atoms with Crippen LogP contribution < -0.4 is 15.8 Å². The lowest BCUT2D eigenvalue weighted by Gasteiger charge is -2.31. The van der Waals surface area contributed by atoms with E-state index in [1.165, 1.54) is 5.56 Å². The Labute approximate surface area is 137 Å². The van der Waals surface area contributed by atoms with Gasteiger partial charge < -0.3 is 20.7 Å². The molecule has 3 amide bonds. The Morgan fingerprint density at radius 3 is 2.48 bits per heavy atom. The van der Waals surface area contributed by atoms with Crippen molar-refractivity contribution >= 4 is 11.9 Å². The summed E-state index contributed by atoms with van der Waals surface area (Å²) in [5.41, 5.74) is 6.48. The van der Waals surface area contributed by atoms with Gasteiger partial charge in [0, 0.05) is 19.0 Å². The van der Waals surface area contributed by atoms with E-state index in [4.69, 9.17) is 10.5 Å². The average molecular weight is 319 g/mol. The number of benzene rings is 1. The molecule has 1 aliphatic rings. The minimum atomic E-state index is -0.273. The maximum Gasteiger partial charge on any atom is 0.317 e. The molecule has 1 aromatic rings. The number of hydrogen-bond donors (Lipinski definition) is 2. The molecule has 0 aliphatic carbocycles. The van der Waals surface area contributed by atoms with Gasteiger partial charge in [-0.3, -0.25) is 4.79 Å². The van der Waals surface area contributed by atoms with Crippen LogP contribution in [0.1, 0.15) is 25.3 Å². The van der Waals surface area contributed by atoms with Gasteiger partial charge in [0.2, 0.25) is 5.91 Å². The van der Waals surface area contributed by atoms with Crippen LogP contribution in [-0.4, -0.2) is 42.6 Å². The number of carbonyl (C=O) groups excluding carboxylic acids is 2. The number of carbonyl (C=O) groups is 2. The smallest absolute Gasteiger partial charge is 0.317 e. The first-order chi connectivity index (χ1) is 11.0. The summed E-state index contributed by atoms with van der Waals surface area (Å²) in [5.74, 6) is 0.408. The van der Waals surface area contributed by atoms with Crippen molar-refractivity contribution in [3.8, 4) is 5.75 Å². The van der Waals surface area contributed by atoms with Crippen molar-refractivity contribution in [2.75, 3.05) is 19.7 Å². The van der Waals surface area contributed by atoms with Gasteiger partial charge in [-0.1, -0.05) is 17.7 Å². The van der Waals surface area contributed by atoms with Crippen molar-refractivity contribution in [2.45, 2.75) is 32.7 Å². The quantitative estimate of drug-likeness (QED) is 0.866. The van der Waals surface area contributed by atoms with Crippen molar-refractivity contribution < 1.29 is 14.3 Å². The molecule has 1 fully saturated rings. The van der Waals surface area contributed by atoms with Gasteiger partial charge in [0.1, 0.15) is 12.4 Å². The second-order valence-electron chi connectivity index (χ2n) is 6.14. The number of amides is 3. The monoisotopic (exact) mass is 319 g/mol. The molecule has 0 saturated carbocycles. The SMILES string of the molecule is Cc1ccc(OCC(C)NC(=O)N2CCC(C(N)=O)CC2)cc1. The van der Waals surface area contributed by atoms with E-state index in [0.29, 0.717) is 32.5 Å². The Balaban J connectivity index is 1.72. The molecule has 6 heteroatoms. The molecule has 3 N–H and O–H groups in total. The van der Waals surface area contributed by atoms with E-state index in [1.807, 2.05) is 38.1 Å². The number of nitrogens with two attached hydrogens (primary N) is 1. The largest absolute Gasteiger partial charge is 0.491 e. The summed E-state index contributed by atoms with van der Waals surface area (Å²) in [6.45, 7) is 5.46. The Kier molecular flexibility index (Phi) is 5.84. The Bertz CT molecular complexity index is 537. The number of urea groups is 1. The van der Waals surface area contributed by atoms with Crippen LogP contribution in [0.25, 0.3) is 0 Å². The predicted octanol–water partition coefficient (Wildman–Crippen LogP) is 1.67. The first-order valence-corrected chi connectivity index (χ1v) is 8.00. The average Bonchev–Trinajstić information content (AvgIpc) is 2.54. The first kappa shape index (κ1) is 17.1. The van der Waals surface area contributed by atoms with Gasteiger partial charge in [-0.2, -0.15) is 0 Å². The number of aryl methyl sites for hydroxylation is 1. The highest BCUT2D eigenvalue weighted by Gasteiger charge is 2.26. The number of rotatable bonds is 5. The zero-order valence-corrected chi connectivity index (χ0v) is 13.7. The lowest BCUT2D eigenvalue weighted by atomic mass is 9.96. The van der Waals surface area contributed by atoms with Crippen molar-refractivity contribution in [1.82, 2.24) is 10.2 Å². The number of nitrogens with one attached hydrogen (secondary N) is 1. The lowest BCUT2D eigenvalue weighted by molar-refractivity contribution is -0.123. The Morgan fingerprint density at radius 2 is 1.91 bits per heavy atom. The van der Waals surface area contributed by atoms with Gasteiger partial charge >= 0.3 is 6.03 Å². The number of nitrogens with zero attached hydrogens (tertiary/aromatic N) is 1. The summed E-state index contributed by atoms with van der Waals surface area (Å²) in [6.07, 6.45) is 1.27. The highest BCUT2D eigenvalue weighted by Crippen LogP contribution is 2.16. The van der Waals surface area contributed by atoms with Crippen LogP contribution >= 0.6 is 0 Å². The van der Waals surface area contributed by atoms with E-state index >= 15 is 0 Å². The minimum absolute atomic E-state index is 0.0994. The second-order valence-corrected chi connectivity index (χ2v) is 6.14. The van der Waals surface area contributed by atoms with Crippen LogP contribution in [0.5, 0.6) is 5.75 Å². The van der Waals surface area contributed by atoms with Crippen LogP contribution in [0.15, 0.2) is 24.3 Å². The van der Waals surface area contributed by atoms with Crippen molar-refractivity contribution in [3.63, 3.8) is 0 Å². The molecule has 0 spiro atoms. The van der Waals surface area contributed by atoms with Crippen LogP contribution in [0.2, 0.25) is 0 Å². The molecule has 0 radical (unpaired) electrons. The molecule has 6 nitrogen and oxygen atoms in total. The maximum atomic E-state index is 12.2. The molecule has 1 atom stereocenters. The number of likely N-dealkylation sites (tertiary alicyclic amines) is 1. The minimum Gasteiger partial charge on any atom is -0.491 e. The summed E-state index contributed by atoms with van der Waals surface area (Å²) in [4.78, 5) is 25.0. The summed E-state index contributed by atoms with van der Waals surface area (Å²) in [7, 11) is 0. The molecule has 1 heterocycles. The number of primary amides is 1. The number of ether oxygens (including phenoxy) is 1. The molecule has 1 aliphatic heterocycles. The molecule has 2 rings (SSSR count). The Hall–Kier alpha value is -2.24. The zero-order valence-electron chi connectivity index (χ0n) is 13.7. The molecule has 23 heavy (non-hydrogen) atoms. The summed E-state index contributed by atoms with van der Waals surface area (Å²) in [5, 5.41) is 2.92. The van der Waals surface area contributed by atoms with Crippen LogP contribution in [0.3, 0.4) is 0 Å². The molecular formula is C17H25N3O3. The van der Waals surface area contributed by atoms with Crippen LogP contribution in [0, 0.1) is 12.8 Å². The summed E-state index contributed by atoms with van der Waals surface area (Å²) < 4.78 is 5.67. The van der Waals surface area contributed by atoms with Gasteiger partial charge in [0.15, 0.2) is 0 Å². The van der Waals surface area contributed by atoms with Crippen LogP contribution in [-0.2, 0) is 4.79 Å². The fourth-order valence-electron chi connectivity index (χ4n) is 2.57. The van der Waals surface area contributed by atoms with E-state index < -0.39 is 0 Å². The molecular weight excluding hydrogens is 294 g/mol. The van der Waals surface area contributed by atoms with E-state index in [9.17, 15) is 9.59 Å². The third-order valence-electron chi connectivity index (χ3n) is 4.08. The highest BCUT2D eigenvalue weighted by atomic mass is 16.5. The molecule has 1 aromatic carbocycles. The molecule has 0 aromatic heterocycles. The van der Waals surface area contributed by atoms with Gasteiger partial charge in [0.25, 0.3) is 0 Å². The standard InChI is InChI=1S/C17H25N3O3/c1-12-3-5-15(6-4-12)23-11-13(2)19-17(22)20-9-7-14(8-10-20)16(18)21/h3-6,13-14H,7-11H2,1-2H3,(H2,18,21)(H,19,22). The summed E-state index contributed by atoms with van der Waals surface area (Å²) >= 11 is 0. The number of hydrogen-bond acceptors (Lipinski definition) is 3.